The summed E-state index contributed by atoms with van der Waals surface area (Å²) in [6.45, 7) is 1.38. The van der Waals surface area contributed by atoms with Crippen LogP contribution in [0.1, 0.15) is 23.3 Å². The van der Waals surface area contributed by atoms with Gasteiger partial charge in [0.2, 0.25) is 11.8 Å². The number of aromatic nitrogens is 2. The number of rotatable bonds is 5. The smallest absolute Gasteiger partial charge is 0.226 e. The van der Waals surface area contributed by atoms with Crippen molar-refractivity contribution in [2.75, 3.05) is 11.9 Å². The van der Waals surface area contributed by atoms with Crippen LogP contribution in [0, 0.1) is 0 Å². The Labute approximate surface area is 181 Å². The first-order valence-corrected chi connectivity index (χ1v) is 11.6. The molecular weight excluding hydrogens is 416 g/mol. The second-order valence-electron chi connectivity index (χ2n) is 7.27. The van der Waals surface area contributed by atoms with E-state index in [9.17, 15) is 9.59 Å². The molecular formula is C22H20N4O2S2. The summed E-state index contributed by atoms with van der Waals surface area (Å²) in [4.78, 5) is 35.9. The van der Waals surface area contributed by atoms with Gasteiger partial charge in [-0.05, 0) is 29.5 Å². The van der Waals surface area contributed by atoms with Crippen LogP contribution in [0.25, 0.3) is 22.2 Å². The third kappa shape index (κ3) is 3.76. The number of para-hydroxylation sites is 1. The number of hydrogen-bond acceptors (Lipinski definition) is 5. The zero-order chi connectivity index (χ0) is 20.5. The van der Waals surface area contributed by atoms with E-state index in [0.717, 1.165) is 35.1 Å². The average Bonchev–Trinajstić information content (AvgIpc) is 3.50. The molecule has 0 atom stereocenters. The van der Waals surface area contributed by atoms with Crippen molar-refractivity contribution >= 4 is 50.5 Å². The topological polar surface area (TPSA) is 78.1 Å². The number of nitrogens with one attached hydrogen (secondary N) is 2. The number of benzene rings is 1. The molecule has 0 spiro atoms. The minimum absolute atomic E-state index is 0.0284. The molecule has 2 amide bonds. The number of fused-ring (bicyclic) bond motifs is 2. The van der Waals surface area contributed by atoms with Crippen LogP contribution in [0.15, 0.2) is 47.3 Å². The second-order valence-corrected chi connectivity index (χ2v) is 9.13. The van der Waals surface area contributed by atoms with Crippen molar-refractivity contribution in [1.29, 1.82) is 0 Å². The summed E-state index contributed by atoms with van der Waals surface area (Å²) in [6.07, 6.45) is 3.21. The minimum Gasteiger partial charge on any atom is -0.360 e. The van der Waals surface area contributed by atoms with Gasteiger partial charge in [0.25, 0.3) is 0 Å². The van der Waals surface area contributed by atoms with E-state index in [1.807, 2.05) is 40.7 Å². The maximum Gasteiger partial charge on any atom is 0.226 e. The second kappa shape index (κ2) is 8.04. The van der Waals surface area contributed by atoms with E-state index in [4.69, 9.17) is 0 Å². The molecule has 4 heterocycles. The van der Waals surface area contributed by atoms with Crippen LogP contribution < -0.4 is 5.32 Å². The average molecular weight is 437 g/mol. The maximum atomic E-state index is 12.5. The van der Waals surface area contributed by atoms with Crippen molar-refractivity contribution in [3.05, 3.63) is 57.7 Å². The fourth-order valence-electron chi connectivity index (χ4n) is 3.76. The molecule has 4 aromatic rings. The van der Waals surface area contributed by atoms with E-state index in [2.05, 4.69) is 26.7 Å². The van der Waals surface area contributed by atoms with Gasteiger partial charge in [-0.1, -0.05) is 18.2 Å². The fourth-order valence-corrected chi connectivity index (χ4v) is 5.38. The first kappa shape index (κ1) is 19.0. The third-order valence-electron chi connectivity index (χ3n) is 5.34. The Kier molecular flexibility index (Phi) is 5.10. The Morgan fingerprint density at radius 1 is 1.17 bits per heavy atom. The van der Waals surface area contributed by atoms with Gasteiger partial charge in [-0.3, -0.25) is 9.59 Å². The number of amides is 2. The number of aromatic amines is 1. The lowest BCUT2D eigenvalue weighted by molar-refractivity contribution is -0.133. The predicted molar refractivity (Wildman–Crippen MR) is 121 cm³/mol. The van der Waals surface area contributed by atoms with Crippen LogP contribution in [0.5, 0.6) is 0 Å². The van der Waals surface area contributed by atoms with Crippen molar-refractivity contribution < 1.29 is 9.59 Å². The highest BCUT2D eigenvalue weighted by Crippen LogP contribution is 2.31. The zero-order valence-corrected chi connectivity index (χ0v) is 17.8. The van der Waals surface area contributed by atoms with Gasteiger partial charge < -0.3 is 15.2 Å². The van der Waals surface area contributed by atoms with Crippen molar-refractivity contribution in [3.8, 4) is 11.3 Å². The Bertz CT molecular complexity index is 1220. The monoisotopic (exact) mass is 436 g/mol. The van der Waals surface area contributed by atoms with Gasteiger partial charge in [0.1, 0.15) is 0 Å². The molecule has 8 heteroatoms. The molecule has 0 radical (unpaired) electrons. The normalized spacial score (nSPS) is 13.4. The largest absolute Gasteiger partial charge is 0.360 e. The van der Waals surface area contributed by atoms with Crippen molar-refractivity contribution in [1.82, 2.24) is 14.9 Å². The van der Waals surface area contributed by atoms with Crippen LogP contribution in [0.3, 0.4) is 0 Å². The Balaban J connectivity index is 1.17. The molecule has 3 aromatic heterocycles. The van der Waals surface area contributed by atoms with Gasteiger partial charge in [-0.25, -0.2) is 4.98 Å². The number of carbonyl (C=O) groups excluding carboxylic acids is 2. The summed E-state index contributed by atoms with van der Waals surface area (Å²) in [7, 11) is 0. The summed E-state index contributed by atoms with van der Waals surface area (Å²) in [5.41, 5.74) is 4.12. The number of carbonyl (C=O) groups is 2. The van der Waals surface area contributed by atoms with Crippen molar-refractivity contribution in [3.63, 3.8) is 0 Å². The van der Waals surface area contributed by atoms with Gasteiger partial charge in [-0.2, -0.15) is 0 Å². The van der Waals surface area contributed by atoms with Crippen LogP contribution in [0.2, 0.25) is 0 Å². The number of thiazole rings is 1. The zero-order valence-electron chi connectivity index (χ0n) is 16.2. The first-order valence-electron chi connectivity index (χ1n) is 9.82. The van der Waals surface area contributed by atoms with Crippen LogP contribution >= 0.6 is 22.7 Å². The van der Waals surface area contributed by atoms with Crippen LogP contribution in [-0.2, 0) is 22.6 Å². The third-order valence-corrected chi connectivity index (χ3v) is 7.12. The van der Waals surface area contributed by atoms with Crippen LogP contribution in [0.4, 0.5) is 5.13 Å². The molecule has 0 unspecified atom stereocenters. The number of thiophene rings is 1. The Hall–Kier alpha value is -2.97. The molecule has 1 aliphatic heterocycles. The quantitative estimate of drug-likeness (QED) is 0.478. The molecule has 0 fully saturated rings. The number of nitrogens with zero attached hydrogens (tertiary/aromatic N) is 2. The highest BCUT2D eigenvalue weighted by Gasteiger charge is 2.22. The number of hydrogen-bond donors (Lipinski definition) is 2. The van der Waals surface area contributed by atoms with Gasteiger partial charge in [0, 0.05) is 58.9 Å². The fraction of sp³-hybridized carbons (Fsp3) is 0.227. The molecule has 5 rings (SSSR count). The van der Waals surface area contributed by atoms with Crippen molar-refractivity contribution in [2.45, 2.75) is 25.8 Å². The summed E-state index contributed by atoms with van der Waals surface area (Å²) in [6, 6.07) is 10.1. The van der Waals surface area contributed by atoms with Gasteiger partial charge in [0.15, 0.2) is 5.13 Å². The summed E-state index contributed by atoms with van der Waals surface area (Å²) < 4.78 is 0. The summed E-state index contributed by atoms with van der Waals surface area (Å²) >= 11 is 3.14. The van der Waals surface area contributed by atoms with Gasteiger partial charge in [0.05, 0.1) is 5.69 Å². The molecule has 1 aliphatic rings. The highest BCUT2D eigenvalue weighted by atomic mass is 32.1. The first-order chi connectivity index (χ1) is 14.7. The molecule has 30 heavy (non-hydrogen) atoms. The highest BCUT2D eigenvalue weighted by molar-refractivity contribution is 7.14. The standard InChI is InChI=1S/C22H20N4O2S2/c27-20(5-6-21(28)26-9-7-19-14(12-26)8-10-29-19)25-22-24-18(13-30-22)16-11-23-17-4-2-1-3-15(16)17/h1-4,8,10-11,13,23H,5-7,9,12H2,(H,24,25,27). The molecule has 0 aliphatic carbocycles. The number of anilines is 1. The lowest BCUT2D eigenvalue weighted by Crippen LogP contribution is -2.35. The van der Waals surface area contributed by atoms with Crippen molar-refractivity contribution in [2.24, 2.45) is 0 Å². The molecule has 2 N–H and O–H groups in total. The van der Waals surface area contributed by atoms with E-state index < -0.39 is 0 Å². The molecule has 1 aromatic carbocycles. The van der Waals surface area contributed by atoms with E-state index in [-0.39, 0.29) is 24.7 Å². The van der Waals surface area contributed by atoms with Gasteiger partial charge in [-0.15, -0.1) is 22.7 Å². The number of H-pyrrole nitrogens is 1. The molecule has 0 bridgehead atoms. The van der Waals surface area contributed by atoms with Gasteiger partial charge >= 0.3 is 0 Å². The van der Waals surface area contributed by atoms with E-state index in [0.29, 0.717) is 11.7 Å². The van der Waals surface area contributed by atoms with E-state index in [1.54, 1.807) is 11.3 Å². The van der Waals surface area contributed by atoms with Crippen LogP contribution in [-0.4, -0.2) is 33.2 Å². The minimum atomic E-state index is -0.184. The molecule has 6 nitrogen and oxygen atoms in total. The lowest BCUT2D eigenvalue weighted by atomic mass is 10.1. The molecule has 0 saturated carbocycles. The SMILES string of the molecule is O=C(CCC(=O)N1CCc2sccc2C1)Nc1nc(-c2c[nH]c3ccccc23)cs1. The maximum absolute atomic E-state index is 12.5. The van der Waals surface area contributed by atoms with E-state index in [1.165, 1.54) is 21.8 Å². The van der Waals surface area contributed by atoms with E-state index >= 15 is 0 Å². The Morgan fingerprint density at radius 2 is 2.07 bits per heavy atom. The predicted octanol–water partition coefficient (Wildman–Crippen LogP) is 4.66. The molecule has 152 valence electrons. The lowest BCUT2D eigenvalue weighted by Gasteiger charge is -2.27. The Morgan fingerprint density at radius 3 is 3.00 bits per heavy atom. The summed E-state index contributed by atoms with van der Waals surface area (Å²) in [5, 5.41) is 8.49. The molecule has 0 saturated heterocycles. The summed E-state index contributed by atoms with van der Waals surface area (Å²) in [5.74, 6) is -0.156.